The molecule has 4 heterocycles. The van der Waals surface area contributed by atoms with Gasteiger partial charge in [0.1, 0.15) is 11.9 Å². The van der Waals surface area contributed by atoms with Crippen molar-refractivity contribution in [2.75, 3.05) is 19.6 Å². The van der Waals surface area contributed by atoms with Crippen molar-refractivity contribution in [2.45, 2.75) is 64.1 Å². The molecule has 2 saturated heterocycles. The van der Waals surface area contributed by atoms with Crippen LogP contribution in [0.5, 0.6) is 0 Å². The second-order valence-corrected chi connectivity index (χ2v) is 8.16. The molecule has 0 spiro atoms. The highest BCUT2D eigenvalue weighted by Crippen LogP contribution is 2.25. The highest BCUT2D eigenvalue weighted by atomic mass is 16.2. The lowest BCUT2D eigenvalue weighted by molar-refractivity contribution is -0.134. The first-order chi connectivity index (χ1) is 12.6. The average Bonchev–Trinajstić information content (AvgIpc) is 3.18. The number of carbonyl (C=O) groups excluding carboxylic acids is 1. The lowest BCUT2D eigenvalue weighted by Gasteiger charge is -2.31. The number of aromatic nitrogens is 2. The zero-order valence-corrected chi connectivity index (χ0v) is 15.8. The predicted molar refractivity (Wildman–Crippen MR) is 99.3 cm³/mol. The number of carbonyl (C=O) groups is 1. The summed E-state index contributed by atoms with van der Waals surface area (Å²) >= 11 is 0. The molecule has 0 aliphatic carbocycles. The fraction of sp³-hybridized carbons (Fsp3) is 0.737. The van der Waals surface area contributed by atoms with E-state index in [4.69, 9.17) is 4.98 Å². The molecule has 1 amide bonds. The smallest absolute Gasteiger partial charge is 0.241 e. The Morgan fingerprint density at radius 1 is 1.27 bits per heavy atom. The molecule has 1 aromatic heterocycles. The van der Waals surface area contributed by atoms with Crippen LogP contribution in [0.1, 0.15) is 56.1 Å². The molecular formula is C19H30N6O. The van der Waals surface area contributed by atoms with Gasteiger partial charge in [-0.3, -0.25) is 10.2 Å². The zero-order chi connectivity index (χ0) is 18.1. The molecule has 0 radical (unpaired) electrons. The van der Waals surface area contributed by atoms with Crippen molar-refractivity contribution in [1.29, 1.82) is 0 Å². The number of hydrogen-bond donors (Lipinski definition) is 3. The maximum absolute atomic E-state index is 12.9. The van der Waals surface area contributed by atoms with Crippen LogP contribution in [-0.4, -0.2) is 52.5 Å². The van der Waals surface area contributed by atoms with E-state index in [9.17, 15) is 4.79 Å². The van der Waals surface area contributed by atoms with Crippen LogP contribution in [0.25, 0.3) is 0 Å². The van der Waals surface area contributed by atoms with Crippen LogP contribution < -0.4 is 16.2 Å². The summed E-state index contributed by atoms with van der Waals surface area (Å²) in [6, 6.07) is 0.232. The summed E-state index contributed by atoms with van der Waals surface area (Å²) in [5, 5.41) is 3.39. The van der Waals surface area contributed by atoms with Crippen LogP contribution in [0.2, 0.25) is 0 Å². The standard InChI is InChI=1S/C19H30N6O/c1-12(2)16-9-17(24-23-16)19(26)25-8-5-15-14(11-25)10-21-18(22-15)13-3-6-20-7-4-13/h10,12-13,16-17,20,23-24H,3-9,11H2,1-2H3. The quantitative estimate of drug-likeness (QED) is 0.739. The van der Waals surface area contributed by atoms with Gasteiger partial charge < -0.3 is 10.2 Å². The van der Waals surface area contributed by atoms with E-state index in [1.54, 1.807) is 0 Å². The van der Waals surface area contributed by atoms with E-state index in [1.807, 2.05) is 11.1 Å². The van der Waals surface area contributed by atoms with Gasteiger partial charge in [0.15, 0.2) is 0 Å². The summed E-state index contributed by atoms with van der Waals surface area (Å²) < 4.78 is 0. The molecule has 0 aromatic carbocycles. The number of rotatable bonds is 3. The lowest BCUT2D eigenvalue weighted by Crippen LogP contribution is -2.47. The molecule has 26 heavy (non-hydrogen) atoms. The Hall–Kier alpha value is -1.57. The van der Waals surface area contributed by atoms with Crippen molar-refractivity contribution in [3.05, 3.63) is 23.3 Å². The molecule has 1 aromatic rings. The van der Waals surface area contributed by atoms with Crippen molar-refractivity contribution < 1.29 is 4.79 Å². The van der Waals surface area contributed by atoms with Gasteiger partial charge in [-0.1, -0.05) is 13.8 Å². The molecule has 3 N–H and O–H groups in total. The van der Waals surface area contributed by atoms with Crippen LogP contribution in [0, 0.1) is 5.92 Å². The normalized spacial score (nSPS) is 27.0. The third-order valence-corrected chi connectivity index (χ3v) is 6.00. The van der Waals surface area contributed by atoms with Gasteiger partial charge in [0.2, 0.25) is 5.91 Å². The number of hydrazine groups is 1. The van der Waals surface area contributed by atoms with Crippen molar-refractivity contribution in [1.82, 2.24) is 31.0 Å². The van der Waals surface area contributed by atoms with E-state index in [1.165, 1.54) is 0 Å². The number of nitrogens with one attached hydrogen (secondary N) is 3. The minimum Gasteiger partial charge on any atom is -0.336 e. The Balaban J connectivity index is 1.41. The summed E-state index contributed by atoms with van der Waals surface area (Å²) in [5.74, 6) is 2.17. The van der Waals surface area contributed by atoms with Crippen molar-refractivity contribution >= 4 is 5.91 Å². The first-order valence-electron chi connectivity index (χ1n) is 9.97. The molecular weight excluding hydrogens is 328 g/mol. The SMILES string of the molecule is CC(C)C1CC(C(=O)N2CCc3nc(C4CCNCC4)ncc3C2)NN1. The summed E-state index contributed by atoms with van der Waals surface area (Å²) in [6.07, 6.45) is 5.86. The number of fused-ring (bicyclic) bond motifs is 1. The number of nitrogens with zero attached hydrogens (tertiary/aromatic N) is 3. The zero-order valence-electron chi connectivity index (χ0n) is 15.8. The van der Waals surface area contributed by atoms with E-state index in [2.05, 4.69) is 35.0 Å². The van der Waals surface area contributed by atoms with Gasteiger partial charge >= 0.3 is 0 Å². The molecule has 4 rings (SSSR count). The van der Waals surface area contributed by atoms with E-state index in [0.29, 0.717) is 24.4 Å². The van der Waals surface area contributed by atoms with Crippen LogP contribution >= 0.6 is 0 Å². The maximum atomic E-state index is 12.9. The summed E-state index contributed by atoms with van der Waals surface area (Å²) in [4.78, 5) is 24.3. The van der Waals surface area contributed by atoms with Gasteiger partial charge in [0.25, 0.3) is 0 Å². The van der Waals surface area contributed by atoms with Crippen LogP contribution in [0.4, 0.5) is 0 Å². The van der Waals surface area contributed by atoms with Crippen LogP contribution in [0.3, 0.4) is 0 Å². The summed E-state index contributed by atoms with van der Waals surface area (Å²) in [6.45, 7) is 7.84. The van der Waals surface area contributed by atoms with Gasteiger partial charge in [0.05, 0.1) is 5.69 Å². The van der Waals surface area contributed by atoms with Crippen molar-refractivity contribution in [3.8, 4) is 0 Å². The van der Waals surface area contributed by atoms with Crippen LogP contribution in [0.15, 0.2) is 6.20 Å². The van der Waals surface area contributed by atoms with Gasteiger partial charge in [-0.15, -0.1) is 0 Å². The molecule has 3 aliphatic rings. The largest absolute Gasteiger partial charge is 0.336 e. The van der Waals surface area contributed by atoms with Crippen molar-refractivity contribution in [3.63, 3.8) is 0 Å². The third-order valence-electron chi connectivity index (χ3n) is 6.00. The predicted octanol–water partition coefficient (Wildman–Crippen LogP) is 0.719. The number of piperidine rings is 1. The van der Waals surface area contributed by atoms with Gasteiger partial charge in [-0.2, -0.15) is 0 Å². The fourth-order valence-electron chi connectivity index (χ4n) is 4.20. The highest BCUT2D eigenvalue weighted by Gasteiger charge is 2.34. The molecule has 142 valence electrons. The average molecular weight is 358 g/mol. The minimum absolute atomic E-state index is 0.126. The van der Waals surface area contributed by atoms with E-state index >= 15 is 0 Å². The Labute approximate surface area is 155 Å². The molecule has 7 nitrogen and oxygen atoms in total. The molecule has 7 heteroatoms. The Kier molecular flexibility index (Phi) is 5.20. The lowest BCUT2D eigenvalue weighted by atomic mass is 9.96. The summed E-state index contributed by atoms with van der Waals surface area (Å²) in [5.41, 5.74) is 8.68. The second-order valence-electron chi connectivity index (χ2n) is 8.16. The third kappa shape index (κ3) is 3.61. The van der Waals surface area contributed by atoms with Gasteiger partial charge in [0, 0.05) is 43.2 Å². The van der Waals surface area contributed by atoms with E-state index in [-0.39, 0.29) is 11.9 Å². The molecule has 0 bridgehead atoms. The Morgan fingerprint density at radius 2 is 2.08 bits per heavy atom. The van der Waals surface area contributed by atoms with E-state index < -0.39 is 0 Å². The molecule has 3 aliphatic heterocycles. The van der Waals surface area contributed by atoms with Gasteiger partial charge in [-0.05, 0) is 38.3 Å². The fourth-order valence-corrected chi connectivity index (χ4v) is 4.20. The second kappa shape index (κ2) is 7.58. The Morgan fingerprint density at radius 3 is 2.81 bits per heavy atom. The number of amides is 1. The number of hydrogen-bond acceptors (Lipinski definition) is 6. The van der Waals surface area contributed by atoms with Crippen LogP contribution in [-0.2, 0) is 17.8 Å². The first-order valence-corrected chi connectivity index (χ1v) is 9.97. The highest BCUT2D eigenvalue weighted by molar-refractivity contribution is 5.82. The maximum Gasteiger partial charge on any atom is 0.241 e. The summed E-state index contributed by atoms with van der Waals surface area (Å²) in [7, 11) is 0. The molecule has 2 atom stereocenters. The minimum atomic E-state index is -0.126. The van der Waals surface area contributed by atoms with Gasteiger partial charge in [-0.25, -0.2) is 15.4 Å². The van der Waals surface area contributed by atoms with E-state index in [0.717, 1.165) is 62.4 Å². The monoisotopic (exact) mass is 358 g/mol. The molecule has 0 saturated carbocycles. The first kappa shape index (κ1) is 17.8. The van der Waals surface area contributed by atoms with Crippen molar-refractivity contribution in [2.24, 2.45) is 5.92 Å². The topological polar surface area (TPSA) is 82.2 Å². The Bertz CT molecular complexity index is 657. The molecule has 2 unspecified atom stereocenters. The molecule has 2 fully saturated rings.